The highest BCUT2D eigenvalue weighted by molar-refractivity contribution is 7.91. The predicted octanol–water partition coefficient (Wildman–Crippen LogP) is 0.325. The van der Waals surface area contributed by atoms with Crippen LogP contribution in [-0.2, 0) is 16.6 Å². The second-order valence-electron chi connectivity index (χ2n) is 3.95. The summed E-state index contributed by atoms with van der Waals surface area (Å²) in [4.78, 5) is 10.9. The van der Waals surface area contributed by atoms with Crippen LogP contribution in [0.1, 0.15) is 15.2 Å². The highest BCUT2D eigenvalue weighted by Crippen LogP contribution is 2.25. The van der Waals surface area contributed by atoms with E-state index in [-0.39, 0.29) is 15.6 Å². The van der Waals surface area contributed by atoms with Gasteiger partial charge in [0.05, 0.1) is 12.7 Å². The quantitative estimate of drug-likeness (QED) is 0.793. The lowest BCUT2D eigenvalue weighted by Crippen LogP contribution is -2.27. The molecular formula is C10H12N4O4S2. The Kier molecular flexibility index (Phi) is 4.16. The van der Waals surface area contributed by atoms with Crippen molar-refractivity contribution in [2.24, 2.45) is 0 Å². The van der Waals surface area contributed by atoms with Gasteiger partial charge in [-0.15, -0.1) is 16.4 Å². The van der Waals surface area contributed by atoms with Crippen molar-refractivity contribution in [1.29, 1.82) is 0 Å². The summed E-state index contributed by atoms with van der Waals surface area (Å²) in [6.07, 6.45) is 3.11. The number of nitrogens with zero attached hydrogens (tertiary/aromatic N) is 3. The minimum Gasteiger partial charge on any atom is -0.477 e. The molecule has 2 aromatic rings. The van der Waals surface area contributed by atoms with Gasteiger partial charge in [-0.05, 0) is 18.6 Å². The summed E-state index contributed by atoms with van der Waals surface area (Å²) in [7, 11) is -3.71. The van der Waals surface area contributed by atoms with Crippen LogP contribution < -0.4 is 4.72 Å². The molecule has 0 aromatic carbocycles. The van der Waals surface area contributed by atoms with E-state index >= 15 is 0 Å². The van der Waals surface area contributed by atoms with Crippen LogP contribution in [0.3, 0.4) is 0 Å². The summed E-state index contributed by atoms with van der Waals surface area (Å²) >= 11 is 0.738. The van der Waals surface area contributed by atoms with Gasteiger partial charge in [-0.2, -0.15) is 0 Å². The second kappa shape index (κ2) is 5.69. The number of aryl methyl sites for hydroxylation is 1. The van der Waals surface area contributed by atoms with Gasteiger partial charge in [-0.1, -0.05) is 5.21 Å². The molecule has 2 aromatic heterocycles. The van der Waals surface area contributed by atoms with Crippen molar-refractivity contribution < 1.29 is 18.3 Å². The van der Waals surface area contributed by atoms with Gasteiger partial charge < -0.3 is 5.11 Å². The fourth-order valence-electron chi connectivity index (χ4n) is 1.52. The largest absolute Gasteiger partial charge is 0.477 e. The van der Waals surface area contributed by atoms with E-state index in [1.165, 1.54) is 16.9 Å². The first-order chi connectivity index (χ1) is 9.40. The van der Waals surface area contributed by atoms with Gasteiger partial charge in [0.2, 0.25) is 10.0 Å². The zero-order chi connectivity index (χ0) is 14.8. The molecule has 8 nitrogen and oxygen atoms in total. The number of hydrogen-bond acceptors (Lipinski definition) is 6. The number of carboxylic acids is 1. The average Bonchev–Trinajstić information content (AvgIpc) is 2.98. The topological polar surface area (TPSA) is 114 Å². The molecule has 0 saturated carbocycles. The van der Waals surface area contributed by atoms with Crippen molar-refractivity contribution in [3.63, 3.8) is 0 Å². The number of nitrogens with one attached hydrogen (secondary N) is 1. The Hall–Kier alpha value is -1.78. The Morgan fingerprint density at radius 1 is 1.55 bits per heavy atom. The van der Waals surface area contributed by atoms with E-state index in [2.05, 4.69) is 15.0 Å². The maximum Gasteiger partial charge on any atom is 0.346 e. The van der Waals surface area contributed by atoms with Gasteiger partial charge in [0.25, 0.3) is 0 Å². The lowest BCUT2D eigenvalue weighted by Gasteiger charge is -2.04. The van der Waals surface area contributed by atoms with Crippen molar-refractivity contribution in [2.75, 3.05) is 6.54 Å². The van der Waals surface area contributed by atoms with Crippen molar-refractivity contribution in [3.8, 4) is 0 Å². The average molecular weight is 316 g/mol. The first kappa shape index (κ1) is 14.6. The van der Waals surface area contributed by atoms with E-state index in [9.17, 15) is 13.2 Å². The third-order valence-corrected chi connectivity index (χ3v) is 5.62. The van der Waals surface area contributed by atoms with Crippen molar-refractivity contribution in [1.82, 2.24) is 19.7 Å². The maximum atomic E-state index is 12.0. The highest BCUT2D eigenvalue weighted by Gasteiger charge is 2.21. The smallest absolute Gasteiger partial charge is 0.346 e. The van der Waals surface area contributed by atoms with Gasteiger partial charge >= 0.3 is 5.97 Å². The molecule has 2 rings (SSSR count). The number of thiophene rings is 1. The molecule has 2 N–H and O–H groups in total. The Balaban J connectivity index is 2.06. The first-order valence-corrected chi connectivity index (χ1v) is 7.87. The van der Waals surface area contributed by atoms with Crippen LogP contribution in [0.15, 0.2) is 22.7 Å². The molecule has 0 aliphatic rings. The molecule has 0 aliphatic carbocycles. The van der Waals surface area contributed by atoms with Crippen LogP contribution in [0.5, 0.6) is 0 Å². The molecule has 20 heavy (non-hydrogen) atoms. The molecule has 0 atom stereocenters. The summed E-state index contributed by atoms with van der Waals surface area (Å²) in [5, 5.41) is 16.2. The molecule has 0 fully saturated rings. The number of hydrogen-bond donors (Lipinski definition) is 2. The number of rotatable bonds is 6. The third-order valence-electron chi connectivity index (χ3n) is 2.46. The Labute approximate surface area is 119 Å². The summed E-state index contributed by atoms with van der Waals surface area (Å²) in [5.74, 6) is -1.13. The van der Waals surface area contributed by atoms with E-state index < -0.39 is 16.0 Å². The van der Waals surface area contributed by atoms with Gasteiger partial charge in [-0.3, -0.25) is 4.68 Å². The lowest BCUT2D eigenvalue weighted by atomic mass is 10.3. The van der Waals surface area contributed by atoms with Gasteiger partial charge in [-0.25, -0.2) is 17.9 Å². The van der Waals surface area contributed by atoms with E-state index in [0.717, 1.165) is 11.3 Å². The minimum atomic E-state index is -3.71. The second-order valence-corrected chi connectivity index (χ2v) is 6.99. The van der Waals surface area contributed by atoms with Crippen molar-refractivity contribution in [2.45, 2.75) is 17.7 Å². The van der Waals surface area contributed by atoms with E-state index in [0.29, 0.717) is 12.1 Å². The fourth-order valence-corrected chi connectivity index (χ4v) is 3.96. The van der Waals surface area contributed by atoms with Gasteiger partial charge in [0.15, 0.2) is 0 Å². The molecule has 0 radical (unpaired) electrons. The summed E-state index contributed by atoms with van der Waals surface area (Å²) in [5.41, 5.74) is 0.430. The number of sulfonamides is 1. The molecule has 0 spiro atoms. The van der Waals surface area contributed by atoms with E-state index in [1.54, 1.807) is 13.1 Å². The van der Waals surface area contributed by atoms with Crippen LogP contribution in [0.2, 0.25) is 0 Å². The molecule has 0 bridgehead atoms. The predicted molar refractivity (Wildman–Crippen MR) is 71.2 cm³/mol. The molecule has 0 unspecified atom stereocenters. The Morgan fingerprint density at radius 3 is 2.85 bits per heavy atom. The molecule has 108 valence electrons. The number of carboxylic acid groups (broad SMARTS) is 1. The minimum absolute atomic E-state index is 0.00834. The summed E-state index contributed by atoms with van der Waals surface area (Å²) in [6, 6.07) is 1.35. The van der Waals surface area contributed by atoms with Crippen molar-refractivity contribution in [3.05, 3.63) is 28.9 Å². The molecule has 0 aliphatic heterocycles. The fraction of sp³-hybridized carbons (Fsp3) is 0.300. The highest BCUT2D eigenvalue weighted by atomic mass is 32.2. The van der Waals surface area contributed by atoms with Crippen LogP contribution in [0.4, 0.5) is 0 Å². The molecule has 10 heteroatoms. The van der Waals surface area contributed by atoms with Crippen LogP contribution in [-0.4, -0.2) is 41.0 Å². The molecular weight excluding hydrogens is 304 g/mol. The molecule has 0 saturated heterocycles. The number of aromatic nitrogens is 3. The van der Waals surface area contributed by atoms with E-state index in [1.807, 2.05) is 0 Å². The summed E-state index contributed by atoms with van der Waals surface area (Å²) < 4.78 is 27.9. The molecule has 2 heterocycles. The monoisotopic (exact) mass is 316 g/mol. The van der Waals surface area contributed by atoms with E-state index in [4.69, 9.17) is 5.11 Å². The van der Waals surface area contributed by atoms with Crippen LogP contribution in [0.25, 0.3) is 0 Å². The van der Waals surface area contributed by atoms with Crippen LogP contribution >= 0.6 is 11.3 Å². The first-order valence-electron chi connectivity index (χ1n) is 5.57. The zero-order valence-corrected chi connectivity index (χ0v) is 12.1. The normalized spacial score (nSPS) is 11.7. The van der Waals surface area contributed by atoms with Crippen molar-refractivity contribution >= 4 is 27.3 Å². The Morgan fingerprint density at radius 2 is 2.30 bits per heavy atom. The lowest BCUT2D eigenvalue weighted by molar-refractivity contribution is 0.0701. The van der Waals surface area contributed by atoms with Gasteiger partial charge in [0.1, 0.15) is 9.09 Å². The standard InChI is InChI=1S/C10H12N4O4S2/c1-7-6-8(19-9(7)10(15)16)20(17,18)12-3-5-14-4-2-11-13-14/h2,4,6,12H,3,5H2,1H3,(H,15,16). The zero-order valence-electron chi connectivity index (χ0n) is 10.5. The van der Waals surface area contributed by atoms with Crippen LogP contribution in [0, 0.1) is 6.92 Å². The molecule has 0 amide bonds. The number of carbonyl (C=O) groups is 1. The SMILES string of the molecule is Cc1cc(S(=O)(=O)NCCn2ccnn2)sc1C(=O)O. The maximum absolute atomic E-state index is 12.0. The Bertz CT molecular complexity index is 706. The summed E-state index contributed by atoms with van der Waals surface area (Å²) in [6.45, 7) is 2.05. The number of aromatic carboxylic acids is 1. The van der Waals surface area contributed by atoms with Gasteiger partial charge in [0, 0.05) is 12.7 Å². The third kappa shape index (κ3) is 3.21.